The molecule has 2 nitrogen and oxygen atoms in total. The number of anilines is 1. The van der Waals surface area contributed by atoms with E-state index in [1.807, 2.05) is 0 Å². The summed E-state index contributed by atoms with van der Waals surface area (Å²) in [6.07, 6.45) is 5.39. The Hall–Kier alpha value is -1.18. The minimum Gasteiger partial charge on any atom is -0.488 e. The van der Waals surface area contributed by atoms with Crippen LogP contribution in [0, 0.1) is 0 Å². The van der Waals surface area contributed by atoms with Crippen molar-refractivity contribution in [3.8, 4) is 5.75 Å². The summed E-state index contributed by atoms with van der Waals surface area (Å²) in [5.74, 6) is 1.06. The SMILES string of the molecule is c1cc2c(c(OC3CCC3)c1)NCC2. The van der Waals surface area contributed by atoms with Crippen molar-refractivity contribution in [1.82, 2.24) is 0 Å². The van der Waals surface area contributed by atoms with Crippen molar-refractivity contribution in [2.75, 3.05) is 11.9 Å². The first-order valence-corrected chi connectivity index (χ1v) is 5.46. The lowest BCUT2D eigenvalue weighted by atomic mass is 9.96. The van der Waals surface area contributed by atoms with E-state index in [2.05, 4.69) is 23.5 Å². The number of hydrogen-bond donors (Lipinski definition) is 1. The van der Waals surface area contributed by atoms with Gasteiger partial charge in [0.05, 0.1) is 11.8 Å². The Morgan fingerprint density at radius 1 is 1.29 bits per heavy atom. The molecule has 14 heavy (non-hydrogen) atoms. The predicted molar refractivity (Wildman–Crippen MR) is 56.9 cm³/mol. The highest BCUT2D eigenvalue weighted by molar-refractivity contribution is 5.65. The summed E-state index contributed by atoms with van der Waals surface area (Å²) in [6, 6.07) is 6.36. The van der Waals surface area contributed by atoms with E-state index in [1.165, 1.54) is 30.5 Å². The largest absolute Gasteiger partial charge is 0.488 e. The summed E-state index contributed by atoms with van der Waals surface area (Å²) in [7, 11) is 0. The average molecular weight is 189 g/mol. The average Bonchev–Trinajstić information content (AvgIpc) is 2.59. The highest BCUT2D eigenvalue weighted by Gasteiger charge is 2.22. The van der Waals surface area contributed by atoms with Crippen LogP contribution < -0.4 is 10.1 Å². The van der Waals surface area contributed by atoms with Crippen molar-refractivity contribution < 1.29 is 4.74 Å². The first kappa shape index (κ1) is 8.16. The molecule has 0 unspecified atom stereocenters. The van der Waals surface area contributed by atoms with Crippen LogP contribution in [0.5, 0.6) is 5.75 Å². The normalized spacial score (nSPS) is 19.7. The molecule has 0 radical (unpaired) electrons. The van der Waals surface area contributed by atoms with Crippen LogP contribution in [-0.4, -0.2) is 12.6 Å². The van der Waals surface area contributed by atoms with Crippen LogP contribution in [0.3, 0.4) is 0 Å². The minimum absolute atomic E-state index is 0.476. The Morgan fingerprint density at radius 3 is 3.00 bits per heavy atom. The molecule has 1 N–H and O–H groups in total. The van der Waals surface area contributed by atoms with Gasteiger partial charge >= 0.3 is 0 Å². The number of para-hydroxylation sites is 1. The third-order valence-electron chi connectivity index (χ3n) is 3.15. The molecule has 1 saturated carbocycles. The second-order valence-electron chi connectivity index (χ2n) is 4.14. The Morgan fingerprint density at radius 2 is 2.21 bits per heavy atom. The lowest BCUT2D eigenvalue weighted by Crippen LogP contribution is -2.24. The maximum atomic E-state index is 5.93. The maximum absolute atomic E-state index is 5.93. The van der Waals surface area contributed by atoms with Gasteiger partial charge in [0.1, 0.15) is 5.75 Å². The molecule has 1 fully saturated rings. The van der Waals surface area contributed by atoms with Crippen LogP contribution in [0.2, 0.25) is 0 Å². The molecule has 0 spiro atoms. The van der Waals surface area contributed by atoms with Gasteiger partial charge in [0, 0.05) is 6.54 Å². The number of ether oxygens (including phenoxy) is 1. The van der Waals surface area contributed by atoms with Crippen molar-refractivity contribution in [2.24, 2.45) is 0 Å². The van der Waals surface area contributed by atoms with Crippen molar-refractivity contribution in [2.45, 2.75) is 31.8 Å². The van der Waals surface area contributed by atoms with Crippen molar-refractivity contribution in [3.05, 3.63) is 23.8 Å². The summed E-state index contributed by atoms with van der Waals surface area (Å²) in [4.78, 5) is 0. The van der Waals surface area contributed by atoms with E-state index in [1.54, 1.807) is 0 Å². The van der Waals surface area contributed by atoms with Crippen molar-refractivity contribution in [3.63, 3.8) is 0 Å². The van der Waals surface area contributed by atoms with Gasteiger partial charge in [0.25, 0.3) is 0 Å². The quantitative estimate of drug-likeness (QED) is 0.772. The fourth-order valence-corrected chi connectivity index (χ4v) is 2.07. The molecule has 0 saturated heterocycles. The zero-order chi connectivity index (χ0) is 9.38. The molecule has 1 heterocycles. The Bertz CT molecular complexity index is 344. The van der Waals surface area contributed by atoms with Gasteiger partial charge in [-0.3, -0.25) is 0 Å². The molecular formula is C12H15NO. The minimum atomic E-state index is 0.476. The van der Waals surface area contributed by atoms with Crippen molar-refractivity contribution >= 4 is 5.69 Å². The molecule has 2 aliphatic rings. The zero-order valence-electron chi connectivity index (χ0n) is 8.25. The van der Waals surface area contributed by atoms with Gasteiger partial charge in [-0.05, 0) is 37.3 Å². The van der Waals surface area contributed by atoms with Gasteiger partial charge in [-0.15, -0.1) is 0 Å². The number of rotatable bonds is 2. The summed E-state index contributed by atoms with van der Waals surface area (Å²) in [5.41, 5.74) is 2.64. The lowest BCUT2D eigenvalue weighted by Gasteiger charge is -2.27. The van der Waals surface area contributed by atoms with E-state index < -0.39 is 0 Å². The predicted octanol–water partition coefficient (Wildman–Crippen LogP) is 2.59. The second-order valence-corrected chi connectivity index (χ2v) is 4.14. The molecule has 3 rings (SSSR count). The van der Waals surface area contributed by atoms with E-state index in [-0.39, 0.29) is 0 Å². The molecule has 1 aromatic rings. The summed E-state index contributed by atoms with van der Waals surface area (Å²) in [6.45, 7) is 1.06. The van der Waals surface area contributed by atoms with Crippen LogP contribution >= 0.6 is 0 Å². The van der Waals surface area contributed by atoms with E-state index in [4.69, 9.17) is 4.74 Å². The van der Waals surface area contributed by atoms with Crippen LogP contribution in [0.25, 0.3) is 0 Å². The van der Waals surface area contributed by atoms with Crippen LogP contribution in [0.15, 0.2) is 18.2 Å². The zero-order valence-corrected chi connectivity index (χ0v) is 8.25. The number of hydrogen-bond acceptors (Lipinski definition) is 2. The van der Waals surface area contributed by atoms with Crippen LogP contribution in [-0.2, 0) is 6.42 Å². The fourth-order valence-electron chi connectivity index (χ4n) is 2.07. The van der Waals surface area contributed by atoms with Crippen molar-refractivity contribution in [1.29, 1.82) is 0 Å². The molecular weight excluding hydrogens is 174 g/mol. The third-order valence-corrected chi connectivity index (χ3v) is 3.15. The molecule has 1 aliphatic carbocycles. The van der Waals surface area contributed by atoms with Gasteiger partial charge in [-0.25, -0.2) is 0 Å². The van der Waals surface area contributed by atoms with E-state index in [0.29, 0.717) is 6.10 Å². The van der Waals surface area contributed by atoms with Gasteiger partial charge in [-0.1, -0.05) is 12.1 Å². The standard InChI is InChI=1S/C12H15NO/c1-3-9-7-8-13-12(9)11(6-1)14-10-4-2-5-10/h1,3,6,10,13H,2,4-5,7-8H2. The first-order chi connectivity index (χ1) is 6.93. The highest BCUT2D eigenvalue weighted by atomic mass is 16.5. The summed E-state index contributed by atoms with van der Waals surface area (Å²) in [5, 5.41) is 3.40. The monoisotopic (exact) mass is 189 g/mol. The Balaban J connectivity index is 1.85. The third kappa shape index (κ3) is 1.26. The van der Waals surface area contributed by atoms with Crippen LogP contribution in [0.1, 0.15) is 24.8 Å². The fraction of sp³-hybridized carbons (Fsp3) is 0.500. The summed E-state index contributed by atoms with van der Waals surface area (Å²) < 4.78 is 5.93. The number of benzene rings is 1. The molecule has 74 valence electrons. The number of nitrogens with one attached hydrogen (secondary N) is 1. The molecule has 0 atom stereocenters. The topological polar surface area (TPSA) is 21.3 Å². The van der Waals surface area contributed by atoms with Gasteiger partial charge in [0.15, 0.2) is 0 Å². The summed E-state index contributed by atoms with van der Waals surface area (Å²) >= 11 is 0. The van der Waals surface area contributed by atoms with Gasteiger partial charge in [-0.2, -0.15) is 0 Å². The highest BCUT2D eigenvalue weighted by Crippen LogP contribution is 2.35. The van der Waals surface area contributed by atoms with E-state index in [0.717, 1.165) is 18.7 Å². The van der Waals surface area contributed by atoms with E-state index in [9.17, 15) is 0 Å². The second kappa shape index (κ2) is 3.19. The molecule has 1 aliphatic heterocycles. The number of fused-ring (bicyclic) bond motifs is 1. The molecule has 1 aromatic carbocycles. The van der Waals surface area contributed by atoms with Gasteiger partial charge < -0.3 is 10.1 Å². The van der Waals surface area contributed by atoms with Crippen LogP contribution in [0.4, 0.5) is 5.69 Å². The molecule has 0 amide bonds. The van der Waals surface area contributed by atoms with E-state index >= 15 is 0 Å². The molecule has 0 aromatic heterocycles. The van der Waals surface area contributed by atoms with Gasteiger partial charge in [0.2, 0.25) is 0 Å². The molecule has 2 heteroatoms. The smallest absolute Gasteiger partial charge is 0.143 e. The molecule has 0 bridgehead atoms. The lowest BCUT2D eigenvalue weighted by molar-refractivity contribution is 0.121. The first-order valence-electron chi connectivity index (χ1n) is 5.46. The maximum Gasteiger partial charge on any atom is 0.143 e. The Kier molecular flexibility index (Phi) is 1.86. The Labute approximate surface area is 84.3 Å².